The highest BCUT2D eigenvalue weighted by Crippen LogP contribution is 2.28. The minimum absolute atomic E-state index is 0.0729. The molecule has 1 aromatic carbocycles. The van der Waals surface area contributed by atoms with Gasteiger partial charge in [-0.05, 0) is 18.5 Å². The average molecular weight is 220 g/mol. The first-order valence-electron chi connectivity index (χ1n) is 6.00. The molecule has 3 atom stereocenters. The zero-order chi connectivity index (χ0) is 11.0. The summed E-state index contributed by atoms with van der Waals surface area (Å²) in [5.41, 5.74) is 1.28. The highest BCUT2D eigenvalue weighted by atomic mass is 19.1. The predicted molar refractivity (Wildman–Crippen MR) is 61.9 cm³/mol. The molecule has 1 N–H and O–H groups in total. The fraction of sp³-hybridized carbons (Fsp3) is 0.538. The number of benzene rings is 1. The van der Waals surface area contributed by atoms with Crippen LogP contribution < -0.4 is 5.32 Å². The summed E-state index contributed by atoms with van der Waals surface area (Å²) in [6, 6.07) is 10.8. The summed E-state index contributed by atoms with van der Waals surface area (Å²) in [5.74, 6) is 0. The van der Waals surface area contributed by atoms with E-state index in [4.69, 9.17) is 0 Å². The van der Waals surface area contributed by atoms with Crippen LogP contribution in [0.1, 0.15) is 12.0 Å². The Labute approximate surface area is 95.4 Å². The second kappa shape index (κ2) is 4.15. The summed E-state index contributed by atoms with van der Waals surface area (Å²) < 4.78 is 13.7. The van der Waals surface area contributed by atoms with Crippen LogP contribution in [-0.4, -0.2) is 36.2 Å². The number of nitrogens with zero attached hydrogens (tertiary/aromatic N) is 1. The molecule has 1 aromatic rings. The van der Waals surface area contributed by atoms with Crippen LogP contribution in [0.4, 0.5) is 4.39 Å². The lowest BCUT2D eigenvalue weighted by Crippen LogP contribution is -2.36. The first-order chi connectivity index (χ1) is 7.84. The topological polar surface area (TPSA) is 15.3 Å². The van der Waals surface area contributed by atoms with Gasteiger partial charge in [-0.15, -0.1) is 0 Å². The summed E-state index contributed by atoms with van der Waals surface area (Å²) >= 11 is 0. The van der Waals surface area contributed by atoms with Crippen molar-refractivity contribution in [1.29, 1.82) is 0 Å². The van der Waals surface area contributed by atoms with E-state index >= 15 is 0 Å². The molecule has 3 rings (SSSR count). The van der Waals surface area contributed by atoms with Crippen molar-refractivity contribution in [2.24, 2.45) is 0 Å². The lowest BCUT2D eigenvalue weighted by Gasteiger charge is -2.22. The van der Waals surface area contributed by atoms with E-state index in [0.717, 1.165) is 19.5 Å². The molecule has 0 amide bonds. The number of fused-ring (bicyclic) bond motifs is 1. The molecule has 0 spiro atoms. The third-order valence-corrected chi connectivity index (χ3v) is 3.73. The maximum atomic E-state index is 13.7. The predicted octanol–water partition coefficient (Wildman–Crippen LogP) is 1.57. The van der Waals surface area contributed by atoms with Gasteiger partial charge in [0, 0.05) is 19.1 Å². The zero-order valence-electron chi connectivity index (χ0n) is 9.27. The van der Waals surface area contributed by atoms with Crippen LogP contribution >= 0.6 is 0 Å². The lowest BCUT2D eigenvalue weighted by molar-refractivity contribution is 0.234. The lowest BCUT2D eigenvalue weighted by atomic mass is 10.1. The number of nitrogens with one attached hydrogen (secondary N) is 1. The molecule has 2 saturated heterocycles. The van der Waals surface area contributed by atoms with Gasteiger partial charge in [-0.3, -0.25) is 4.90 Å². The Morgan fingerprint density at radius 3 is 2.94 bits per heavy atom. The molecule has 0 aromatic heterocycles. The van der Waals surface area contributed by atoms with Crippen molar-refractivity contribution in [3.8, 4) is 0 Å². The molecular weight excluding hydrogens is 203 g/mol. The first kappa shape index (κ1) is 10.2. The van der Waals surface area contributed by atoms with Gasteiger partial charge >= 0.3 is 0 Å². The summed E-state index contributed by atoms with van der Waals surface area (Å²) in [7, 11) is 0. The van der Waals surface area contributed by atoms with E-state index in [2.05, 4.69) is 22.3 Å². The molecule has 0 bridgehead atoms. The van der Waals surface area contributed by atoms with Crippen molar-refractivity contribution in [2.45, 2.75) is 31.2 Å². The van der Waals surface area contributed by atoms with Crippen LogP contribution in [-0.2, 0) is 6.54 Å². The minimum Gasteiger partial charge on any atom is -0.310 e. The van der Waals surface area contributed by atoms with Crippen LogP contribution in [0, 0.1) is 0 Å². The van der Waals surface area contributed by atoms with Gasteiger partial charge in [0.15, 0.2) is 0 Å². The van der Waals surface area contributed by atoms with Crippen molar-refractivity contribution in [2.75, 3.05) is 13.1 Å². The van der Waals surface area contributed by atoms with Crippen molar-refractivity contribution in [1.82, 2.24) is 10.2 Å². The Kier molecular flexibility index (Phi) is 2.65. The Morgan fingerprint density at radius 2 is 2.12 bits per heavy atom. The molecule has 2 heterocycles. The molecule has 0 unspecified atom stereocenters. The first-order valence-corrected chi connectivity index (χ1v) is 6.00. The standard InChI is InChI=1S/C13H17FN2/c14-11-9-16(12-6-7-15-13(11)12)8-10-4-2-1-3-5-10/h1-5,11-13,15H,6-9H2/t11-,12+,13+/m0/s1. The highest BCUT2D eigenvalue weighted by molar-refractivity contribution is 5.16. The SMILES string of the molecule is F[C@H]1CN(Cc2ccccc2)[C@@H]2CCN[C@@H]21. The van der Waals surface area contributed by atoms with E-state index < -0.39 is 6.17 Å². The third-order valence-electron chi connectivity index (χ3n) is 3.73. The number of alkyl halides is 1. The quantitative estimate of drug-likeness (QED) is 0.814. The minimum atomic E-state index is -0.698. The fourth-order valence-electron chi connectivity index (χ4n) is 2.96. The summed E-state index contributed by atoms with van der Waals surface area (Å²) in [6.45, 7) is 2.42. The Balaban J connectivity index is 1.72. The maximum absolute atomic E-state index is 13.7. The normalized spacial score (nSPS) is 34.2. The zero-order valence-corrected chi connectivity index (χ0v) is 9.27. The van der Waals surface area contributed by atoms with Crippen molar-refractivity contribution in [3.63, 3.8) is 0 Å². The van der Waals surface area contributed by atoms with Gasteiger partial charge in [-0.25, -0.2) is 4.39 Å². The largest absolute Gasteiger partial charge is 0.310 e. The second-order valence-corrected chi connectivity index (χ2v) is 4.77. The molecule has 0 saturated carbocycles. The molecule has 2 nitrogen and oxygen atoms in total. The molecule has 2 aliphatic heterocycles. The Morgan fingerprint density at radius 1 is 1.31 bits per heavy atom. The second-order valence-electron chi connectivity index (χ2n) is 4.77. The van der Waals surface area contributed by atoms with Gasteiger partial charge in [-0.2, -0.15) is 0 Å². The third kappa shape index (κ3) is 1.74. The van der Waals surface area contributed by atoms with E-state index in [1.54, 1.807) is 0 Å². The summed E-state index contributed by atoms with van der Waals surface area (Å²) in [6.07, 6.45) is 0.383. The van der Waals surface area contributed by atoms with E-state index in [0.29, 0.717) is 12.6 Å². The van der Waals surface area contributed by atoms with Crippen LogP contribution in [0.5, 0.6) is 0 Å². The molecule has 2 aliphatic rings. The van der Waals surface area contributed by atoms with Crippen LogP contribution in [0.15, 0.2) is 30.3 Å². The van der Waals surface area contributed by atoms with Gasteiger partial charge in [-0.1, -0.05) is 30.3 Å². The van der Waals surface area contributed by atoms with Gasteiger partial charge < -0.3 is 5.32 Å². The average Bonchev–Trinajstić information content (AvgIpc) is 2.87. The molecule has 0 aliphatic carbocycles. The number of likely N-dealkylation sites (tertiary alicyclic amines) is 1. The Bertz CT molecular complexity index is 354. The van der Waals surface area contributed by atoms with Gasteiger partial charge in [0.05, 0.1) is 6.04 Å². The fourth-order valence-corrected chi connectivity index (χ4v) is 2.96. The Hall–Kier alpha value is -0.930. The summed E-state index contributed by atoms with van der Waals surface area (Å²) in [4.78, 5) is 2.28. The van der Waals surface area contributed by atoms with Gasteiger partial charge in [0.1, 0.15) is 6.17 Å². The number of hydrogen-bond donors (Lipinski definition) is 1. The highest BCUT2D eigenvalue weighted by Gasteiger charge is 2.44. The number of halogens is 1. The van der Waals surface area contributed by atoms with Crippen LogP contribution in [0.2, 0.25) is 0 Å². The number of hydrogen-bond acceptors (Lipinski definition) is 2. The van der Waals surface area contributed by atoms with E-state index in [-0.39, 0.29) is 6.04 Å². The number of rotatable bonds is 2. The van der Waals surface area contributed by atoms with E-state index in [1.165, 1.54) is 5.56 Å². The molecule has 2 fully saturated rings. The molecule has 3 heteroatoms. The smallest absolute Gasteiger partial charge is 0.129 e. The van der Waals surface area contributed by atoms with Crippen molar-refractivity contribution >= 4 is 0 Å². The van der Waals surface area contributed by atoms with E-state index in [1.807, 2.05) is 18.2 Å². The van der Waals surface area contributed by atoms with E-state index in [9.17, 15) is 4.39 Å². The van der Waals surface area contributed by atoms with Crippen molar-refractivity contribution in [3.05, 3.63) is 35.9 Å². The van der Waals surface area contributed by atoms with Crippen molar-refractivity contribution < 1.29 is 4.39 Å². The van der Waals surface area contributed by atoms with Gasteiger partial charge in [0.25, 0.3) is 0 Å². The maximum Gasteiger partial charge on any atom is 0.129 e. The molecule has 0 radical (unpaired) electrons. The van der Waals surface area contributed by atoms with Gasteiger partial charge in [0.2, 0.25) is 0 Å². The molecule has 16 heavy (non-hydrogen) atoms. The molecule has 86 valence electrons. The monoisotopic (exact) mass is 220 g/mol. The van der Waals surface area contributed by atoms with Crippen LogP contribution in [0.3, 0.4) is 0 Å². The molecular formula is C13H17FN2. The summed E-state index contributed by atoms with van der Waals surface area (Å²) in [5, 5.41) is 3.27. The van der Waals surface area contributed by atoms with Crippen LogP contribution in [0.25, 0.3) is 0 Å².